The van der Waals surface area contributed by atoms with Crippen molar-refractivity contribution < 1.29 is 0 Å². The van der Waals surface area contributed by atoms with Gasteiger partial charge < -0.3 is 4.90 Å². The minimum absolute atomic E-state index is 0.698. The van der Waals surface area contributed by atoms with Crippen LogP contribution >= 0.6 is 15.9 Å². The van der Waals surface area contributed by atoms with Gasteiger partial charge in [-0.25, -0.2) is 0 Å². The second-order valence-corrected chi connectivity index (χ2v) is 5.96. The first-order chi connectivity index (χ1) is 9.40. The van der Waals surface area contributed by atoms with E-state index >= 15 is 0 Å². The minimum Gasteiger partial charge on any atom is -0.368 e. The molecule has 0 saturated carbocycles. The molecule has 1 fully saturated rings. The number of aromatic nitrogens is 1. The van der Waals surface area contributed by atoms with E-state index in [4.69, 9.17) is 0 Å². The van der Waals surface area contributed by atoms with Gasteiger partial charge in [-0.05, 0) is 37.8 Å². The number of benzene rings is 1. The first-order valence-electron chi connectivity index (χ1n) is 7.06. The summed E-state index contributed by atoms with van der Waals surface area (Å²) in [5.74, 6) is 0. The molecule has 0 radical (unpaired) electrons. The van der Waals surface area contributed by atoms with Gasteiger partial charge >= 0.3 is 0 Å². The molecular formula is C16H19BrN2. The SMILES string of the molecule is BrCCCC1CCCN1c1ccnc2ccccc12. The summed E-state index contributed by atoms with van der Waals surface area (Å²) in [5, 5.41) is 2.39. The Morgan fingerprint density at radius 3 is 3.05 bits per heavy atom. The summed E-state index contributed by atoms with van der Waals surface area (Å²) >= 11 is 3.54. The number of fused-ring (bicyclic) bond motifs is 1. The van der Waals surface area contributed by atoms with Gasteiger partial charge in [0, 0.05) is 35.2 Å². The molecule has 1 saturated heterocycles. The normalized spacial score (nSPS) is 19.2. The zero-order valence-electron chi connectivity index (χ0n) is 11.1. The van der Waals surface area contributed by atoms with Gasteiger partial charge in [0.1, 0.15) is 0 Å². The summed E-state index contributed by atoms with van der Waals surface area (Å²) in [7, 11) is 0. The van der Waals surface area contributed by atoms with E-state index in [1.54, 1.807) is 0 Å². The summed E-state index contributed by atoms with van der Waals surface area (Å²) in [6.45, 7) is 1.18. The Bertz CT molecular complexity index is 550. The van der Waals surface area contributed by atoms with Crippen LogP contribution in [0.15, 0.2) is 36.5 Å². The first kappa shape index (κ1) is 12.9. The Morgan fingerprint density at radius 2 is 2.16 bits per heavy atom. The van der Waals surface area contributed by atoms with E-state index < -0.39 is 0 Å². The fourth-order valence-corrected chi connectivity index (χ4v) is 3.42. The molecule has 0 aliphatic carbocycles. The van der Waals surface area contributed by atoms with Crippen LogP contribution in [0, 0.1) is 0 Å². The zero-order chi connectivity index (χ0) is 13.1. The van der Waals surface area contributed by atoms with Gasteiger partial charge in [-0.15, -0.1) is 0 Å². The van der Waals surface area contributed by atoms with Crippen molar-refractivity contribution in [3.05, 3.63) is 36.5 Å². The van der Waals surface area contributed by atoms with E-state index in [0.29, 0.717) is 6.04 Å². The topological polar surface area (TPSA) is 16.1 Å². The van der Waals surface area contributed by atoms with Crippen molar-refractivity contribution in [2.45, 2.75) is 31.7 Å². The average Bonchev–Trinajstić information content (AvgIpc) is 2.92. The van der Waals surface area contributed by atoms with Gasteiger partial charge in [0.2, 0.25) is 0 Å². The van der Waals surface area contributed by atoms with Gasteiger partial charge in [-0.2, -0.15) is 0 Å². The third-order valence-corrected chi connectivity index (χ3v) is 4.54. The molecule has 2 heterocycles. The van der Waals surface area contributed by atoms with Gasteiger partial charge in [0.05, 0.1) is 5.52 Å². The maximum absolute atomic E-state index is 4.47. The highest BCUT2D eigenvalue weighted by molar-refractivity contribution is 9.09. The number of hydrogen-bond donors (Lipinski definition) is 0. The number of alkyl halides is 1. The fraction of sp³-hybridized carbons (Fsp3) is 0.438. The lowest BCUT2D eigenvalue weighted by Gasteiger charge is -2.27. The largest absolute Gasteiger partial charge is 0.368 e. The minimum atomic E-state index is 0.698. The molecule has 1 aromatic carbocycles. The highest BCUT2D eigenvalue weighted by Gasteiger charge is 2.25. The van der Waals surface area contributed by atoms with E-state index in [2.05, 4.69) is 56.1 Å². The van der Waals surface area contributed by atoms with Crippen molar-refractivity contribution in [3.63, 3.8) is 0 Å². The van der Waals surface area contributed by atoms with E-state index in [1.165, 1.54) is 43.3 Å². The molecule has 2 nitrogen and oxygen atoms in total. The standard InChI is InChI=1S/C16H19BrN2/c17-10-3-5-13-6-4-12-19(13)16-9-11-18-15-8-2-1-7-14(15)16/h1-2,7-9,11,13H,3-6,10,12H2. The molecule has 2 aromatic rings. The van der Waals surface area contributed by atoms with Crippen LogP contribution in [0.1, 0.15) is 25.7 Å². The summed E-state index contributed by atoms with van der Waals surface area (Å²) in [6.07, 6.45) is 7.11. The van der Waals surface area contributed by atoms with Crippen LogP contribution in [0.5, 0.6) is 0 Å². The summed E-state index contributed by atoms with van der Waals surface area (Å²) < 4.78 is 0. The molecular weight excluding hydrogens is 300 g/mol. The lowest BCUT2D eigenvalue weighted by molar-refractivity contribution is 0.605. The molecule has 100 valence electrons. The zero-order valence-corrected chi connectivity index (χ0v) is 12.6. The Kier molecular flexibility index (Phi) is 4.02. The van der Waals surface area contributed by atoms with Crippen LogP contribution in [0.3, 0.4) is 0 Å². The van der Waals surface area contributed by atoms with Crippen molar-refractivity contribution in [1.82, 2.24) is 4.98 Å². The maximum atomic E-state index is 4.47. The van der Waals surface area contributed by atoms with Crippen molar-refractivity contribution >= 4 is 32.5 Å². The van der Waals surface area contributed by atoms with E-state index in [0.717, 1.165) is 10.8 Å². The maximum Gasteiger partial charge on any atom is 0.0722 e. The number of hydrogen-bond acceptors (Lipinski definition) is 2. The second-order valence-electron chi connectivity index (χ2n) is 5.17. The van der Waals surface area contributed by atoms with Gasteiger partial charge in [0.15, 0.2) is 0 Å². The Balaban J connectivity index is 1.94. The van der Waals surface area contributed by atoms with Crippen LogP contribution in [-0.4, -0.2) is 22.9 Å². The number of nitrogens with zero attached hydrogens (tertiary/aromatic N) is 2. The molecule has 19 heavy (non-hydrogen) atoms. The quantitative estimate of drug-likeness (QED) is 0.778. The average molecular weight is 319 g/mol. The summed E-state index contributed by atoms with van der Waals surface area (Å²) in [4.78, 5) is 7.06. The smallest absolute Gasteiger partial charge is 0.0722 e. The number of halogens is 1. The van der Waals surface area contributed by atoms with E-state index in [1.807, 2.05) is 6.20 Å². The van der Waals surface area contributed by atoms with Crippen LogP contribution in [0.25, 0.3) is 10.9 Å². The second kappa shape index (κ2) is 5.91. The Labute approximate surface area is 123 Å². The molecule has 1 unspecified atom stereocenters. The van der Waals surface area contributed by atoms with Crippen molar-refractivity contribution in [1.29, 1.82) is 0 Å². The number of pyridine rings is 1. The number of para-hydroxylation sites is 1. The Hall–Kier alpha value is -1.09. The lowest BCUT2D eigenvalue weighted by Crippen LogP contribution is -2.29. The number of anilines is 1. The van der Waals surface area contributed by atoms with E-state index in [9.17, 15) is 0 Å². The van der Waals surface area contributed by atoms with Crippen LogP contribution in [-0.2, 0) is 0 Å². The van der Waals surface area contributed by atoms with Gasteiger partial charge in [-0.1, -0.05) is 34.1 Å². The number of rotatable bonds is 4. The summed E-state index contributed by atoms with van der Waals surface area (Å²) in [6, 6.07) is 11.3. The predicted molar refractivity (Wildman–Crippen MR) is 85.1 cm³/mol. The molecule has 1 aliphatic heterocycles. The molecule has 0 N–H and O–H groups in total. The summed E-state index contributed by atoms with van der Waals surface area (Å²) in [5.41, 5.74) is 2.47. The van der Waals surface area contributed by atoms with Crippen LogP contribution < -0.4 is 4.90 Å². The third-order valence-electron chi connectivity index (χ3n) is 3.98. The van der Waals surface area contributed by atoms with Gasteiger partial charge in [-0.3, -0.25) is 4.98 Å². The van der Waals surface area contributed by atoms with Crippen molar-refractivity contribution in [2.75, 3.05) is 16.8 Å². The monoisotopic (exact) mass is 318 g/mol. The highest BCUT2D eigenvalue weighted by Crippen LogP contribution is 2.32. The van der Waals surface area contributed by atoms with Crippen LogP contribution in [0.4, 0.5) is 5.69 Å². The molecule has 0 spiro atoms. The van der Waals surface area contributed by atoms with Crippen molar-refractivity contribution in [3.8, 4) is 0 Å². The van der Waals surface area contributed by atoms with Gasteiger partial charge in [0.25, 0.3) is 0 Å². The Morgan fingerprint density at radius 1 is 1.26 bits per heavy atom. The molecule has 3 rings (SSSR count). The predicted octanol–water partition coefficient (Wildman–Crippen LogP) is 4.38. The van der Waals surface area contributed by atoms with E-state index in [-0.39, 0.29) is 0 Å². The molecule has 1 aromatic heterocycles. The fourth-order valence-electron chi connectivity index (χ4n) is 3.10. The highest BCUT2D eigenvalue weighted by atomic mass is 79.9. The lowest BCUT2D eigenvalue weighted by atomic mass is 10.1. The molecule has 1 atom stereocenters. The molecule has 3 heteroatoms. The first-order valence-corrected chi connectivity index (χ1v) is 8.18. The molecule has 0 bridgehead atoms. The third kappa shape index (κ3) is 2.62. The van der Waals surface area contributed by atoms with Crippen LogP contribution in [0.2, 0.25) is 0 Å². The molecule has 0 amide bonds. The molecule has 1 aliphatic rings. The van der Waals surface area contributed by atoms with Crippen molar-refractivity contribution in [2.24, 2.45) is 0 Å².